The van der Waals surface area contributed by atoms with Gasteiger partial charge in [0.2, 0.25) is 0 Å². The standard InChI is InChI=1S/C15H21BrN2O2/c1-2-20-15(19)12-5-6-14(13(16)8-12)18-10-11-4-3-7-17-9-11/h5-6,8,11,17-18H,2-4,7,9-10H2,1H3. The van der Waals surface area contributed by atoms with Crippen molar-refractivity contribution in [2.24, 2.45) is 5.92 Å². The number of hydrogen-bond donors (Lipinski definition) is 2. The van der Waals surface area contributed by atoms with E-state index in [-0.39, 0.29) is 5.97 Å². The highest BCUT2D eigenvalue weighted by atomic mass is 79.9. The van der Waals surface area contributed by atoms with Crippen LogP contribution in [0.25, 0.3) is 0 Å². The fourth-order valence-electron chi connectivity index (χ4n) is 2.35. The Balaban J connectivity index is 1.93. The number of esters is 1. The molecular formula is C15H21BrN2O2. The minimum atomic E-state index is -0.281. The molecule has 0 aliphatic carbocycles. The average Bonchev–Trinajstić information content (AvgIpc) is 2.47. The topological polar surface area (TPSA) is 50.4 Å². The Morgan fingerprint density at radius 2 is 2.40 bits per heavy atom. The van der Waals surface area contributed by atoms with E-state index in [9.17, 15) is 4.79 Å². The molecule has 1 unspecified atom stereocenters. The highest BCUT2D eigenvalue weighted by molar-refractivity contribution is 9.10. The maximum absolute atomic E-state index is 11.6. The quantitative estimate of drug-likeness (QED) is 0.809. The Kier molecular flexibility index (Phi) is 5.86. The number of halogens is 1. The summed E-state index contributed by atoms with van der Waals surface area (Å²) in [5.41, 5.74) is 1.59. The Morgan fingerprint density at radius 3 is 3.05 bits per heavy atom. The highest BCUT2D eigenvalue weighted by Crippen LogP contribution is 2.25. The Hall–Kier alpha value is -1.07. The van der Waals surface area contributed by atoms with Crippen molar-refractivity contribution in [3.05, 3.63) is 28.2 Å². The molecule has 2 N–H and O–H groups in total. The van der Waals surface area contributed by atoms with Gasteiger partial charge in [-0.1, -0.05) is 0 Å². The molecule has 20 heavy (non-hydrogen) atoms. The third-order valence-electron chi connectivity index (χ3n) is 3.46. The molecule has 0 saturated carbocycles. The molecule has 0 spiro atoms. The molecule has 5 heteroatoms. The fourth-order valence-corrected chi connectivity index (χ4v) is 2.87. The van der Waals surface area contributed by atoms with Gasteiger partial charge in [-0.15, -0.1) is 0 Å². The minimum absolute atomic E-state index is 0.281. The molecule has 0 radical (unpaired) electrons. The molecule has 0 amide bonds. The molecule has 1 atom stereocenters. The number of benzene rings is 1. The van der Waals surface area contributed by atoms with Crippen LogP contribution in [0.15, 0.2) is 22.7 Å². The Labute approximate surface area is 128 Å². The lowest BCUT2D eigenvalue weighted by atomic mass is 10.00. The molecule has 2 rings (SSSR count). The van der Waals surface area contributed by atoms with Gasteiger partial charge < -0.3 is 15.4 Å². The first-order valence-corrected chi connectivity index (χ1v) is 7.91. The van der Waals surface area contributed by atoms with Crippen molar-refractivity contribution >= 4 is 27.6 Å². The van der Waals surface area contributed by atoms with Crippen LogP contribution in [0.3, 0.4) is 0 Å². The summed E-state index contributed by atoms with van der Waals surface area (Å²) in [6.07, 6.45) is 2.51. The second-order valence-electron chi connectivity index (χ2n) is 5.01. The first kappa shape index (κ1) is 15.3. The zero-order chi connectivity index (χ0) is 14.4. The lowest BCUT2D eigenvalue weighted by Gasteiger charge is -2.23. The molecule has 1 saturated heterocycles. The van der Waals surface area contributed by atoms with Crippen LogP contribution >= 0.6 is 15.9 Å². The van der Waals surface area contributed by atoms with Gasteiger partial charge in [0.15, 0.2) is 0 Å². The summed E-state index contributed by atoms with van der Waals surface area (Å²) in [6.45, 7) is 5.36. The molecule has 1 fully saturated rings. The van der Waals surface area contributed by atoms with Crippen LogP contribution in [0.5, 0.6) is 0 Å². The number of hydrogen-bond acceptors (Lipinski definition) is 4. The van der Waals surface area contributed by atoms with Crippen LogP contribution in [0.1, 0.15) is 30.1 Å². The van der Waals surface area contributed by atoms with Gasteiger partial charge in [0, 0.05) is 16.7 Å². The van der Waals surface area contributed by atoms with Crippen molar-refractivity contribution in [1.29, 1.82) is 0 Å². The third-order valence-corrected chi connectivity index (χ3v) is 4.12. The van der Waals surface area contributed by atoms with E-state index in [4.69, 9.17) is 4.74 Å². The van der Waals surface area contributed by atoms with Gasteiger partial charge >= 0.3 is 5.97 Å². The molecule has 1 heterocycles. The number of carbonyl (C=O) groups excluding carboxylic acids is 1. The number of rotatable bonds is 5. The van der Waals surface area contributed by atoms with E-state index in [1.165, 1.54) is 12.8 Å². The molecule has 0 aromatic heterocycles. The van der Waals surface area contributed by atoms with Crippen molar-refractivity contribution in [3.63, 3.8) is 0 Å². The first-order valence-electron chi connectivity index (χ1n) is 7.12. The van der Waals surface area contributed by atoms with Crippen molar-refractivity contribution in [3.8, 4) is 0 Å². The van der Waals surface area contributed by atoms with Crippen LogP contribution in [0.2, 0.25) is 0 Å². The number of piperidine rings is 1. The molecular weight excluding hydrogens is 320 g/mol. The summed E-state index contributed by atoms with van der Waals surface area (Å²) < 4.78 is 5.88. The van der Waals surface area contributed by atoms with Gasteiger partial charge in [0.05, 0.1) is 12.2 Å². The predicted octanol–water partition coefficient (Wildman–Crippen LogP) is 3.04. The summed E-state index contributed by atoms with van der Waals surface area (Å²) in [4.78, 5) is 11.6. The van der Waals surface area contributed by atoms with E-state index in [0.717, 1.165) is 29.8 Å². The van der Waals surface area contributed by atoms with Gasteiger partial charge in [-0.2, -0.15) is 0 Å². The SMILES string of the molecule is CCOC(=O)c1ccc(NCC2CCCNC2)c(Br)c1. The van der Waals surface area contributed by atoms with Gasteiger partial charge in [-0.25, -0.2) is 4.79 Å². The summed E-state index contributed by atoms with van der Waals surface area (Å²) in [7, 11) is 0. The predicted molar refractivity (Wildman–Crippen MR) is 84.2 cm³/mol. The zero-order valence-corrected chi connectivity index (χ0v) is 13.3. The smallest absolute Gasteiger partial charge is 0.338 e. The van der Waals surface area contributed by atoms with Gasteiger partial charge in [-0.05, 0) is 72.9 Å². The normalized spacial score (nSPS) is 18.6. The molecule has 1 aliphatic heterocycles. The van der Waals surface area contributed by atoms with E-state index in [1.807, 2.05) is 6.07 Å². The van der Waals surface area contributed by atoms with Crippen LogP contribution < -0.4 is 10.6 Å². The second kappa shape index (κ2) is 7.64. The fraction of sp³-hybridized carbons (Fsp3) is 0.533. The molecule has 1 aliphatic rings. The van der Waals surface area contributed by atoms with Gasteiger partial charge in [-0.3, -0.25) is 0 Å². The van der Waals surface area contributed by atoms with Crippen molar-refractivity contribution < 1.29 is 9.53 Å². The van der Waals surface area contributed by atoms with E-state index in [2.05, 4.69) is 26.6 Å². The summed E-state index contributed by atoms with van der Waals surface area (Å²) in [5.74, 6) is 0.386. The Bertz CT molecular complexity index is 459. The number of carbonyl (C=O) groups is 1. The monoisotopic (exact) mass is 340 g/mol. The summed E-state index contributed by atoms with van der Waals surface area (Å²) in [5, 5.41) is 6.85. The molecule has 110 valence electrons. The highest BCUT2D eigenvalue weighted by Gasteiger charge is 2.14. The lowest BCUT2D eigenvalue weighted by Crippen LogP contribution is -2.33. The number of ether oxygens (including phenoxy) is 1. The van der Waals surface area contributed by atoms with Crippen LogP contribution in [0, 0.1) is 5.92 Å². The third kappa shape index (κ3) is 4.21. The van der Waals surface area contributed by atoms with Crippen LogP contribution in [0.4, 0.5) is 5.69 Å². The average molecular weight is 341 g/mol. The number of nitrogens with one attached hydrogen (secondary N) is 2. The molecule has 1 aromatic carbocycles. The molecule has 4 nitrogen and oxygen atoms in total. The van der Waals surface area contributed by atoms with Gasteiger partial charge in [0.25, 0.3) is 0 Å². The van der Waals surface area contributed by atoms with Gasteiger partial charge in [0.1, 0.15) is 0 Å². The van der Waals surface area contributed by atoms with Crippen molar-refractivity contribution in [1.82, 2.24) is 5.32 Å². The maximum atomic E-state index is 11.6. The zero-order valence-electron chi connectivity index (χ0n) is 11.7. The second-order valence-corrected chi connectivity index (χ2v) is 5.86. The summed E-state index contributed by atoms with van der Waals surface area (Å²) in [6, 6.07) is 5.52. The largest absolute Gasteiger partial charge is 0.462 e. The van der Waals surface area contributed by atoms with Crippen LogP contribution in [-0.2, 0) is 4.74 Å². The summed E-state index contributed by atoms with van der Waals surface area (Å²) >= 11 is 3.51. The Morgan fingerprint density at radius 1 is 1.55 bits per heavy atom. The van der Waals surface area contributed by atoms with Crippen LogP contribution in [-0.4, -0.2) is 32.2 Å². The van der Waals surface area contributed by atoms with Crippen molar-refractivity contribution in [2.45, 2.75) is 19.8 Å². The van der Waals surface area contributed by atoms with E-state index in [0.29, 0.717) is 18.1 Å². The minimum Gasteiger partial charge on any atom is -0.462 e. The van der Waals surface area contributed by atoms with E-state index >= 15 is 0 Å². The van der Waals surface area contributed by atoms with E-state index in [1.54, 1.807) is 19.1 Å². The van der Waals surface area contributed by atoms with Crippen molar-refractivity contribution in [2.75, 3.05) is 31.6 Å². The maximum Gasteiger partial charge on any atom is 0.338 e. The number of anilines is 1. The lowest BCUT2D eigenvalue weighted by molar-refractivity contribution is 0.0526. The molecule has 0 bridgehead atoms. The molecule has 1 aromatic rings. The van der Waals surface area contributed by atoms with E-state index < -0.39 is 0 Å². The first-order chi connectivity index (χ1) is 9.70.